The molecule has 0 fully saturated rings. The van der Waals surface area contributed by atoms with Gasteiger partial charge in [-0.05, 0) is 36.2 Å². The smallest absolute Gasteiger partial charge is 0.287 e. The van der Waals surface area contributed by atoms with Crippen molar-refractivity contribution in [2.45, 2.75) is 12.5 Å². The lowest BCUT2D eigenvalue weighted by atomic mass is 10.1. The van der Waals surface area contributed by atoms with Crippen LogP contribution in [0.5, 0.6) is 0 Å². The summed E-state index contributed by atoms with van der Waals surface area (Å²) in [6.07, 6.45) is 4.23. The van der Waals surface area contributed by atoms with Crippen LogP contribution in [0, 0.1) is 0 Å². The fraction of sp³-hybridized carbons (Fsp3) is 0.143. The Morgan fingerprint density at radius 3 is 2.81 bits per heavy atom. The van der Waals surface area contributed by atoms with Crippen LogP contribution in [0.2, 0.25) is 0 Å². The van der Waals surface area contributed by atoms with Crippen LogP contribution in [-0.2, 0) is 6.42 Å². The van der Waals surface area contributed by atoms with E-state index in [1.54, 1.807) is 18.3 Å². The Bertz CT molecular complexity index is 1050. The fourth-order valence-electron chi connectivity index (χ4n) is 3.11. The monoisotopic (exact) mass is 360 g/mol. The van der Waals surface area contributed by atoms with E-state index in [0.717, 1.165) is 22.2 Å². The Kier molecular flexibility index (Phi) is 4.72. The molecule has 0 aliphatic carbocycles. The van der Waals surface area contributed by atoms with Crippen molar-refractivity contribution < 1.29 is 9.21 Å². The zero-order valence-electron chi connectivity index (χ0n) is 14.7. The first-order valence-electron chi connectivity index (χ1n) is 8.82. The molecule has 136 valence electrons. The molecule has 1 amide bonds. The molecule has 3 heterocycles. The minimum absolute atomic E-state index is 0.161. The Balaban J connectivity index is 1.50. The number of furan rings is 1. The van der Waals surface area contributed by atoms with Crippen molar-refractivity contribution in [1.29, 1.82) is 0 Å². The largest absolute Gasteiger partial charge is 0.451 e. The van der Waals surface area contributed by atoms with Gasteiger partial charge in [0, 0.05) is 35.9 Å². The number of carbonyl (C=O) groups is 1. The van der Waals surface area contributed by atoms with Crippen molar-refractivity contribution in [3.63, 3.8) is 0 Å². The average molecular weight is 360 g/mol. The van der Waals surface area contributed by atoms with E-state index in [2.05, 4.69) is 15.3 Å². The second kappa shape index (κ2) is 7.47. The Morgan fingerprint density at radius 1 is 1.15 bits per heavy atom. The predicted molar refractivity (Wildman–Crippen MR) is 104 cm³/mol. The van der Waals surface area contributed by atoms with E-state index in [0.29, 0.717) is 18.7 Å². The summed E-state index contributed by atoms with van der Waals surface area (Å²) in [6.45, 7) is 0.350. The molecule has 0 radical (unpaired) electrons. The van der Waals surface area contributed by atoms with Crippen LogP contribution in [0.25, 0.3) is 22.4 Å². The van der Waals surface area contributed by atoms with E-state index < -0.39 is 0 Å². The summed E-state index contributed by atoms with van der Waals surface area (Å²) in [5.41, 5.74) is 8.61. The number of benzene rings is 1. The van der Waals surface area contributed by atoms with Crippen LogP contribution in [0.3, 0.4) is 0 Å². The maximum absolute atomic E-state index is 12.6. The minimum Gasteiger partial charge on any atom is -0.451 e. The number of pyridine rings is 1. The molecule has 4 aromatic rings. The molecule has 0 bridgehead atoms. The summed E-state index contributed by atoms with van der Waals surface area (Å²) in [4.78, 5) is 19.9. The first kappa shape index (κ1) is 17.1. The molecule has 1 unspecified atom stereocenters. The van der Waals surface area contributed by atoms with E-state index >= 15 is 0 Å². The fourth-order valence-corrected chi connectivity index (χ4v) is 3.11. The summed E-state index contributed by atoms with van der Waals surface area (Å²) in [7, 11) is 0. The van der Waals surface area contributed by atoms with Crippen LogP contribution in [-0.4, -0.2) is 28.5 Å². The highest BCUT2D eigenvalue weighted by Crippen LogP contribution is 2.29. The van der Waals surface area contributed by atoms with Gasteiger partial charge in [0.1, 0.15) is 11.4 Å². The standard InChI is InChI=1S/C21H20N4O2/c22-12-15(11-14-5-2-1-3-6-14)25-21(26)19-9-8-18(27-19)17-13-24-20-16(17)7-4-10-23-20/h1-10,13,15H,11-12,22H2,(H,23,24)(H,25,26). The summed E-state index contributed by atoms with van der Waals surface area (Å²) in [5, 5.41) is 3.90. The summed E-state index contributed by atoms with van der Waals surface area (Å²) < 4.78 is 5.79. The Labute approximate surface area is 156 Å². The molecule has 4 N–H and O–H groups in total. The number of aromatic amines is 1. The molecule has 0 saturated heterocycles. The Morgan fingerprint density at radius 2 is 2.00 bits per heavy atom. The van der Waals surface area contributed by atoms with Crippen LogP contribution in [0.4, 0.5) is 0 Å². The van der Waals surface area contributed by atoms with Gasteiger partial charge in [0.05, 0.1) is 0 Å². The number of carbonyl (C=O) groups excluding carboxylic acids is 1. The van der Waals surface area contributed by atoms with E-state index in [4.69, 9.17) is 10.2 Å². The highest BCUT2D eigenvalue weighted by atomic mass is 16.3. The molecule has 4 rings (SSSR count). The zero-order chi connectivity index (χ0) is 18.6. The number of nitrogens with zero attached hydrogens (tertiary/aromatic N) is 1. The van der Waals surface area contributed by atoms with Crippen molar-refractivity contribution in [3.8, 4) is 11.3 Å². The molecule has 0 aliphatic rings. The van der Waals surface area contributed by atoms with Gasteiger partial charge in [0.2, 0.25) is 0 Å². The molecule has 3 aromatic heterocycles. The summed E-state index contributed by atoms with van der Waals surface area (Å²) in [6, 6.07) is 17.1. The van der Waals surface area contributed by atoms with E-state index in [1.165, 1.54) is 0 Å². The molecule has 27 heavy (non-hydrogen) atoms. The number of nitrogens with two attached hydrogens (primary N) is 1. The second-order valence-electron chi connectivity index (χ2n) is 6.36. The van der Waals surface area contributed by atoms with Gasteiger partial charge in [-0.15, -0.1) is 0 Å². The quantitative estimate of drug-likeness (QED) is 0.492. The van der Waals surface area contributed by atoms with Crippen molar-refractivity contribution in [2.75, 3.05) is 6.54 Å². The number of hydrogen-bond donors (Lipinski definition) is 3. The van der Waals surface area contributed by atoms with E-state index in [9.17, 15) is 4.79 Å². The highest BCUT2D eigenvalue weighted by molar-refractivity contribution is 5.95. The molecule has 0 saturated carbocycles. The van der Waals surface area contributed by atoms with Gasteiger partial charge in [-0.3, -0.25) is 4.79 Å². The maximum atomic E-state index is 12.6. The van der Waals surface area contributed by atoms with Gasteiger partial charge in [-0.1, -0.05) is 30.3 Å². The zero-order valence-corrected chi connectivity index (χ0v) is 14.7. The summed E-state index contributed by atoms with van der Waals surface area (Å²) in [5.74, 6) is 0.604. The van der Waals surface area contributed by atoms with Gasteiger partial charge < -0.3 is 20.5 Å². The lowest BCUT2D eigenvalue weighted by molar-refractivity contribution is 0.0911. The van der Waals surface area contributed by atoms with Crippen molar-refractivity contribution >= 4 is 16.9 Å². The highest BCUT2D eigenvalue weighted by Gasteiger charge is 2.18. The third-order valence-electron chi connectivity index (χ3n) is 4.49. The number of hydrogen-bond acceptors (Lipinski definition) is 4. The molecule has 6 nitrogen and oxygen atoms in total. The topological polar surface area (TPSA) is 96.9 Å². The Hall–Kier alpha value is -3.38. The molecular formula is C21H20N4O2. The minimum atomic E-state index is -0.273. The number of nitrogens with one attached hydrogen (secondary N) is 2. The van der Waals surface area contributed by atoms with Gasteiger partial charge in [0.15, 0.2) is 5.76 Å². The van der Waals surface area contributed by atoms with Gasteiger partial charge in [-0.25, -0.2) is 4.98 Å². The van der Waals surface area contributed by atoms with Crippen LogP contribution in [0.15, 0.2) is 71.4 Å². The van der Waals surface area contributed by atoms with Crippen LogP contribution in [0.1, 0.15) is 16.1 Å². The average Bonchev–Trinajstić information content (AvgIpc) is 3.35. The molecular weight excluding hydrogens is 340 g/mol. The molecule has 0 aliphatic heterocycles. The van der Waals surface area contributed by atoms with Crippen molar-refractivity contribution in [3.05, 3.63) is 78.3 Å². The number of amides is 1. The van der Waals surface area contributed by atoms with Gasteiger partial charge in [0.25, 0.3) is 5.91 Å². The van der Waals surface area contributed by atoms with E-state index in [1.807, 2.05) is 48.7 Å². The van der Waals surface area contributed by atoms with Crippen LogP contribution < -0.4 is 11.1 Å². The normalized spacial score (nSPS) is 12.2. The molecule has 1 atom stereocenters. The molecule has 0 spiro atoms. The second-order valence-corrected chi connectivity index (χ2v) is 6.36. The number of fused-ring (bicyclic) bond motifs is 1. The van der Waals surface area contributed by atoms with Gasteiger partial charge >= 0.3 is 0 Å². The number of H-pyrrole nitrogens is 1. The lowest BCUT2D eigenvalue weighted by Gasteiger charge is -2.16. The van der Waals surface area contributed by atoms with Gasteiger partial charge in [-0.2, -0.15) is 0 Å². The SMILES string of the molecule is NCC(Cc1ccccc1)NC(=O)c1ccc(-c2c[nH]c3ncccc23)o1. The third kappa shape index (κ3) is 3.61. The van der Waals surface area contributed by atoms with Crippen molar-refractivity contribution in [1.82, 2.24) is 15.3 Å². The van der Waals surface area contributed by atoms with Crippen molar-refractivity contribution in [2.24, 2.45) is 5.73 Å². The van der Waals surface area contributed by atoms with E-state index in [-0.39, 0.29) is 17.7 Å². The molecule has 1 aromatic carbocycles. The maximum Gasteiger partial charge on any atom is 0.287 e. The third-order valence-corrected chi connectivity index (χ3v) is 4.49. The predicted octanol–water partition coefficient (Wildman–Crippen LogP) is 3.12. The number of rotatable bonds is 6. The first-order chi connectivity index (χ1) is 13.2. The number of aromatic nitrogens is 2. The first-order valence-corrected chi connectivity index (χ1v) is 8.82. The lowest BCUT2D eigenvalue weighted by Crippen LogP contribution is -2.41. The van der Waals surface area contributed by atoms with Crippen LogP contribution >= 0.6 is 0 Å². The molecule has 6 heteroatoms. The summed E-state index contributed by atoms with van der Waals surface area (Å²) >= 11 is 0.